The van der Waals surface area contributed by atoms with E-state index in [1.54, 1.807) is 19.9 Å². The lowest BCUT2D eigenvalue weighted by Crippen LogP contribution is -2.28. The number of para-hydroxylation sites is 1. The van der Waals surface area contributed by atoms with Gasteiger partial charge in [0.2, 0.25) is 0 Å². The Bertz CT molecular complexity index is 771. The van der Waals surface area contributed by atoms with Crippen LogP contribution < -0.4 is 5.32 Å². The van der Waals surface area contributed by atoms with E-state index in [4.69, 9.17) is 0 Å². The predicted molar refractivity (Wildman–Crippen MR) is 77.6 cm³/mol. The van der Waals surface area contributed by atoms with Gasteiger partial charge in [0.05, 0.1) is 28.1 Å². The maximum absolute atomic E-state index is 11.6. The van der Waals surface area contributed by atoms with E-state index >= 15 is 0 Å². The third-order valence-electron chi connectivity index (χ3n) is 3.56. The third kappa shape index (κ3) is 2.42. The largest absolute Gasteiger partial charge is 0.478 e. The topological polar surface area (TPSA) is 116 Å². The predicted octanol–water partition coefficient (Wildman–Crippen LogP) is 2.44. The highest BCUT2D eigenvalue weighted by Crippen LogP contribution is 2.41. The van der Waals surface area contributed by atoms with E-state index in [9.17, 15) is 25.3 Å². The first-order valence-corrected chi connectivity index (χ1v) is 6.43. The van der Waals surface area contributed by atoms with Crippen molar-refractivity contribution in [1.29, 1.82) is 5.26 Å². The molecule has 0 saturated heterocycles. The van der Waals surface area contributed by atoms with Crippen molar-refractivity contribution in [3.05, 3.63) is 62.5 Å². The SMILES string of the molecule is CC1=C(C#N)C(c2ccccc2[N+](=O)[O-])C(C(=O)O)=C(C)N1. The quantitative estimate of drug-likeness (QED) is 0.654. The van der Waals surface area contributed by atoms with Crippen LogP contribution in [-0.2, 0) is 4.79 Å². The summed E-state index contributed by atoms with van der Waals surface area (Å²) < 4.78 is 0. The highest BCUT2D eigenvalue weighted by Gasteiger charge is 2.36. The van der Waals surface area contributed by atoms with Crippen molar-refractivity contribution in [2.75, 3.05) is 0 Å². The van der Waals surface area contributed by atoms with Gasteiger partial charge in [0.15, 0.2) is 0 Å². The van der Waals surface area contributed by atoms with Crippen LogP contribution in [0.3, 0.4) is 0 Å². The summed E-state index contributed by atoms with van der Waals surface area (Å²) in [7, 11) is 0. The molecule has 2 rings (SSSR count). The number of nitrogens with one attached hydrogen (secondary N) is 1. The monoisotopic (exact) mass is 299 g/mol. The number of nitrogens with zero attached hydrogens (tertiary/aromatic N) is 2. The molecule has 0 aliphatic carbocycles. The maximum Gasteiger partial charge on any atom is 0.334 e. The first kappa shape index (κ1) is 15.3. The average molecular weight is 299 g/mol. The number of rotatable bonds is 3. The molecule has 7 nitrogen and oxygen atoms in total. The average Bonchev–Trinajstić information content (AvgIpc) is 2.45. The minimum Gasteiger partial charge on any atom is -0.478 e. The summed E-state index contributed by atoms with van der Waals surface area (Å²) >= 11 is 0. The fourth-order valence-electron chi connectivity index (χ4n) is 2.63. The Morgan fingerprint density at radius 1 is 1.36 bits per heavy atom. The van der Waals surface area contributed by atoms with E-state index in [0.717, 1.165) is 0 Å². The lowest BCUT2D eigenvalue weighted by atomic mass is 9.80. The molecule has 1 unspecified atom stereocenters. The summed E-state index contributed by atoms with van der Waals surface area (Å²) in [5.74, 6) is -2.18. The molecule has 22 heavy (non-hydrogen) atoms. The zero-order valence-corrected chi connectivity index (χ0v) is 12.0. The zero-order chi connectivity index (χ0) is 16.4. The van der Waals surface area contributed by atoms with Crippen molar-refractivity contribution < 1.29 is 14.8 Å². The standard InChI is InChI=1S/C15H13N3O4/c1-8-11(7-16)14(13(15(19)20)9(2)17-8)10-5-3-4-6-12(10)18(21)22/h3-6,14,17H,1-2H3,(H,19,20). The molecule has 0 aromatic heterocycles. The Kier molecular flexibility index (Phi) is 3.95. The van der Waals surface area contributed by atoms with E-state index < -0.39 is 16.8 Å². The van der Waals surface area contributed by atoms with Crippen LogP contribution in [0.5, 0.6) is 0 Å². The highest BCUT2D eigenvalue weighted by atomic mass is 16.6. The van der Waals surface area contributed by atoms with Crippen molar-refractivity contribution in [1.82, 2.24) is 5.32 Å². The number of benzene rings is 1. The van der Waals surface area contributed by atoms with Crippen LogP contribution in [0.1, 0.15) is 25.3 Å². The van der Waals surface area contributed by atoms with Gasteiger partial charge in [-0.15, -0.1) is 0 Å². The zero-order valence-electron chi connectivity index (χ0n) is 12.0. The molecule has 7 heteroatoms. The Morgan fingerprint density at radius 2 is 2.00 bits per heavy atom. The van der Waals surface area contributed by atoms with Crippen molar-refractivity contribution in [3.63, 3.8) is 0 Å². The van der Waals surface area contributed by atoms with Crippen LogP contribution >= 0.6 is 0 Å². The van der Waals surface area contributed by atoms with Crippen LogP contribution in [0.4, 0.5) is 5.69 Å². The summed E-state index contributed by atoms with van der Waals surface area (Å²) in [4.78, 5) is 22.3. The number of hydrogen-bond acceptors (Lipinski definition) is 5. The van der Waals surface area contributed by atoms with E-state index in [2.05, 4.69) is 5.32 Å². The number of carboxylic acids is 1. The molecule has 0 spiro atoms. The minimum atomic E-state index is -1.21. The molecule has 2 N–H and O–H groups in total. The van der Waals surface area contributed by atoms with Crippen molar-refractivity contribution in [2.24, 2.45) is 0 Å². The molecule has 1 aliphatic heterocycles. The summed E-state index contributed by atoms with van der Waals surface area (Å²) in [6.45, 7) is 3.21. The van der Waals surface area contributed by atoms with Crippen LogP contribution in [-0.4, -0.2) is 16.0 Å². The van der Waals surface area contributed by atoms with Crippen LogP contribution in [0.2, 0.25) is 0 Å². The molecular weight excluding hydrogens is 286 g/mol. The van der Waals surface area contributed by atoms with Gasteiger partial charge in [-0.25, -0.2) is 4.79 Å². The second-order valence-corrected chi connectivity index (χ2v) is 4.87. The molecule has 1 atom stereocenters. The molecule has 0 radical (unpaired) electrons. The fourth-order valence-corrected chi connectivity index (χ4v) is 2.63. The highest BCUT2D eigenvalue weighted by molar-refractivity contribution is 5.91. The smallest absolute Gasteiger partial charge is 0.334 e. The summed E-state index contributed by atoms with van der Waals surface area (Å²) in [5.41, 5.74) is 0.956. The maximum atomic E-state index is 11.6. The molecule has 1 heterocycles. The van der Waals surface area contributed by atoms with Gasteiger partial charge in [0, 0.05) is 23.0 Å². The van der Waals surface area contributed by atoms with Crippen molar-refractivity contribution in [2.45, 2.75) is 19.8 Å². The number of nitro benzene ring substituents is 1. The van der Waals surface area contributed by atoms with Gasteiger partial charge in [-0.1, -0.05) is 18.2 Å². The lowest BCUT2D eigenvalue weighted by molar-refractivity contribution is -0.385. The second kappa shape index (κ2) is 5.69. The molecule has 0 bridgehead atoms. The van der Waals surface area contributed by atoms with Crippen molar-refractivity contribution >= 4 is 11.7 Å². The number of nitro groups is 1. The number of nitriles is 1. The van der Waals surface area contributed by atoms with Crippen LogP contribution in [0, 0.1) is 21.4 Å². The van der Waals surface area contributed by atoms with E-state index in [-0.39, 0.29) is 22.4 Å². The van der Waals surface area contributed by atoms with Gasteiger partial charge in [-0.05, 0) is 13.8 Å². The fraction of sp³-hybridized carbons (Fsp3) is 0.200. The number of carboxylic acid groups (broad SMARTS) is 1. The molecule has 0 saturated carbocycles. The van der Waals surface area contributed by atoms with Gasteiger partial charge < -0.3 is 10.4 Å². The number of carbonyl (C=O) groups is 1. The van der Waals surface area contributed by atoms with Gasteiger partial charge in [-0.3, -0.25) is 10.1 Å². The molecule has 112 valence electrons. The Balaban J connectivity index is 2.78. The van der Waals surface area contributed by atoms with Gasteiger partial charge in [0.25, 0.3) is 5.69 Å². The lowest BCUT2D eigenvalue weighted by Gasteiger charge is -2.27. The first-order valence-electron chi connectivity index (χ1n) is 6.43. The second-order valence-electron chi connectivity index (χ2n) is 4.87. The molecular formula is C15H13N3O4. The number of aliphatic carboxylic acids is 1. The Labute approximate surface area is 126 Å². The first-order chi connectivity index (χ1) is 10.4. The van der Waals surface area contributed by atoms with E-state index in [0.29, 0.717) is 11.4 Å². The van der Waals surface area contributed by atoms with Crippen LogP contribution in [0.15, 0.2) is 46.8 Å². The van der Waals surface area contributed by atoms with Crippen molar-refractivity contribution in [3.8, 4) is 6.07 Å². The third-order valence-corrected chi connectivity index (χ3v) is 3.56. The number of dihydropyridines is 1. The summed E-state index contributed by atoms with van der Waals surface area (Å²) in [6, 6.07) is 7.84. The molecule has 0 fully saturated rings. The van der Waals surface area contributed by atoms with Gasteiger partial charge in [0.1, 0.15) is 0 Å². The van der Waals surface area contributed by atoms with E-state index in [1.165, 1.54) is 18.2 Å². The van der Waals surface area contributed by atoms with Crippen LogP contribution in [0.25, 0.3) is 0 Å². The van der Waals surface area contributed by atoms with Gasteiger partial charge >= 0.3 is 5.97 Å². The summed E-state index contributed by atoms with van der Waals surface area (Å²) in [6.07, 6.45) is 0. The molecule has 1 aromatic carbocycles. The summed E-state index contributed by atoms with van der Waals surface area (Å²) in [5, 5.41) is 32.9. The van der Waals surface area contributed by atoms with Gasteiger partial charge in [-0.2, -0.15) is 5.26 Å². The number of allylic oxidation sites excluding steroid dienone is 3. The number of hydrogen-bond donors (Lipinski definition) is 2. The molecule has 1 aliphatic rings. The van der Waals surface area contributed by atoms with E-state index in [1.807, 2.05) is 6.07 Å². The Hall–Kier alpha value is -3.14. The minimum absolute atomic E-state index is 0.0588. The Morgan fingerprint density at radius 3 is 2.55 bits per heavy atom. The normalized spacial score (nSPS) is 17.8. The molecule has 1 aromatic rings. The molecule has 0 amide bonds.